The Morgan fingerprint density at radius 3 is 2.52 bits per heavy atom. The van der Waals surface area contributed by atoms with Crippen LogP contribution in [0.4, 0.5) is 0 Å². The number of aryl methyl sites for hydroxylation is 1. The number of rotatable bonds is 5. The van der Waals surface area contributed by atoms with E-state index >= 15 is 0 Å². The van der Waals surface area contributed by atoms with Crippen LogP contribution in [-0.4, -0.2) is 48.4 Å². The molecule has 1 heterocycles. The smallest absolute Gasteiger partial charge is 0.326 e. The van der Waals surface area contributed by atoms with Crippen LogP contribution >= 0.6 is 0 Å². The standard InChI is InChI=1S/C17H22N2O4/c1-12-7-3-4-8-14(12)16(21)18-11-15(20)23-13(2)17(22)19-9-5-6-10-19/h3-4,7-8,13H,5-6,9-11H2,1-2H3,(H,18,21). The fourth-order valence-electron chi connectivity index (χ4n) is 2.56. The van der Waals surface area contributed by atoms with Crippen molar-refractivity contribution < 1.29 is 19.1 Å². The van der Waals surface area contributed by atoms with Crippen molar-refractivity contribution in [1.82, 2.24) is 10.2 Å². The second-order valence-electron chi connectivity index (χ2n) is 5.66. The van der Waals surface area contributed by atoms with Gasteiger partial charge in [0.25, 0.3) is 11.8 Å². The maximum atomic E-state index is 12.0. The van der Waals surface area contributed by atoms with E-state index in [0.717, 1.165) is 18.4 Å². The Hall–Kier alpha value is -2.37. The lowest BCUT2D eigenvalue weighted by molar-refractivity contribution is -0.157. The normalized spacial score (nSPS) is 15.1. The van der Waals surface area contributed by atoms with Crippen molar-refractivity contribution >= 4 is 17.8 Å². The first kappa shape index (κ1) is 17.0. The summed E-state index contributed by atoms with van der Waals surface area (Å²) in [5.41, 5.74) is 1.34. The lowest BCUT2D eigenvalue weighted by atomic mass is 10.1. The number of likely N-dealkylation sites (tertiary alicyclic amines) is 1. The number of hydrogen-bond donors (Lipinski definition) is 1. The number of hydrogen-bond acceptors (Lipinski definition) is 4. The SMILES string of the molecule is Cc1ccccc1C(=O)NCC(=O)OC(C)C(=O)N1CCCC1. The summed E-state index contributed by atoms with van der Waals surface area (Å²) in [4.78, 5) is 37.5. The minimum Gasteiger partial charge on any atom is -0.451 e. The van der Waals surface area contributed by atoms with Crippen LogP contribution in [0.2, 0.25) is 0 Å². The van der Waals surface area contributed by atoms with Gasteiger partial charge >= 0.3 is 5.97 Å². The van der Waals surface area contributed by atoms with Gasteiger partial charge in [-0.05, 0) is 38.3 Å². The average molecular weight is 318 g/mol. The van der Waals surface area contributed by atoms with Gasteiger partial charge in [0.2, 0.25) is 0 Å². The second kappa shape index (κ2) is 7.76. The molecule has 1 fully saturated rings. The Morgan fingerprint density at radius 1 is 1.22 bits per heavy atom. The van der Waals surface area contributed by atoms with Crippen molar-refractivity contribution in [2.45, 2.75) is 32.8 Å². The summed E-state index contributed by atoms with van der Waals surface area (Å²) < 4.78 is 5.10. The summed E-state index contributed by atoms with van der Waals surface area (Å²) in [6.07, 6.45) is 1.15. The van der Waals surface area contributed by atoms with Crippen LogP contribution in [0.1, 0.15) is 35.7 Å². The van der Waals surface area contributed by atoms with Crippen LogP contribution in [0, 0.1) is 6.92 Å². The Balaban J connectivity index is 1.79. The van der Waals surface area contributed by atoms with Crippen LogP contribution < -0.4 is 5.32 Å². The number of esters is 1. The zero-order valence-electron chi connectivity index (χ0n) is 13.5. The van der Waals surface area contributed by atoms with Gasteiger partial charge < -0.3 is 15.0 Å². The van der Waals surface area contributed by atoms with Gasteiger partial charge in [0, 0.05) is 18.7 Å². The first-order valence-corrected chi connectivity index (χ1v) is 7.81. The van der Waals surface area contributed by atoms with Gasteiger partial charge in [-0.25, -0.2) is 0 Å². The number of carbonyl (C=O) groups is 3. The fraction of sp³-hybridized carbons (Fsp3) is 0.471. The molecule has 0 saturated carbocycles. The molecule has 1 atom stereocenters. The van der Waals surface area contributed by atoms with Crippen LogP contribution in [-0.2, 0) is 14.3 Å². The Kier molecular flexibility index (Phi) is 5.73. The predicted octanol–water partition coefficient (Wildman–Crippen LogP) is 1.28. The second-order valence-corrected chi connectivity index (χ2v) is 5.66. The molecule has 1 saturated heterocycles. The number of ether oxygens (including phenoxy) is 1. The zero-order chi connectivity index (χ0) is 16.8. The van der Waals surface area contributed by atoms with Crippen molar-refractivity contribution in [2.24, 2.45) is 0 Å². The van der Waals surface area contributed by atoms with E-state index in [4.69, 9.17) is 4.74 Å². The molecule has 1 aliphatic rings. The van der Waals surface area contributed by atoms with Gasteiger partial charge in [-0.3, -0.25) is 14.4 Å². The van der Waals surface area contributed by atoms with Crippen LogP contribution in [0.25, 0.3) is 0 Å². The molecule has 0 spiro atoms. The van der Waals surface area contributed by atoms with Crippen LogP contribution in [0.3, 0.4) is 0 Å². The molecule has 2 amide bonds. The molecule has 124 valence electrons. The van der Waals surface area contributed by atoms with E-state index in [1.807, 2.05) is 19.1 Å². The molecule has 23 heavy (non-hydrogen) atoms. The van der Waals surface area contributed by atoms with Gasteiger partial charge in [-0.15, -0.1) is 0 Å². The first-order valence-electron chi connectivity index (χ1n) is 7.81. The maximum Gasteiger partial charge on any atom is 0.326 e. The summed E-state index contributed by atoms with van der Waals surface area (Å²) in [7, 11) is 0. The molecular formula is C17H22N2O4. The van der Waals surface area contributed by atoms with Crippen LogP contribution in [0.15, 0.2) is 24.3 Å². The van der Waals surface area contributed by atoms with Crippen molar-refractivity contribution in [3.8, 4) is 0 Å². The van der Waals surface area contributed by atoms with Crippen molar-refractivity contribution in [1.29, 1.82) is 0 Å². The third-order valence-electron chi connectivity index (χ3n) is 3.86. The predicted molar refractivity (Wildman–Crippen MR) is 84.9 cm³/mol. The number of carbonyl (C=O) groups excluding carboxylic acids is 3. The van der Waals surface area contributed by atoms with Gasteiger partial charge in [0.15, 0.2) is 6.10 Å². The van der Waals surface area contributed by atoms with E-state index in [1.165, 1.54) is 0 Å². The molecular weight excluding hydrogens is 296 g/mol. The molecule has 1 aromatic carbocycles. The number of benzene rings is 1. The van der Waals surface area contributed by atoms with E-state index in [1.54, 1.807) is 24.0 Å². The van der Waals surface area contributed by atoms with Gasteiger partial charge in [-0.2, -0.15) is 0 Å². The largest absolute Gasteiger partial charge is 0.451 e. The molecule has 2 rings (SSSR count). The van der Waals surface area contributed by atoms with E-state index in [-0.39, 0.29) is 18.4 Å². The first-order chi connectivity index (χ1) is 11.0. The number of amides is 2. The molecule has 0 bridgehead atoms. The van der Waals surface area contributed by atoms with Gasteiger partial charge in [-0.1, -0.05) is 18.2 Å². The Bertz CT molecular complexity index is 594. The fourth-order valence-corrected chi connectivity index (χ4v) is 2.56. The minimum atomic E-state index is -0.823. The Labute approximate surface area is 135 Å². The molecule has 6 heteroatoms. The summed E-state index contributed by atoms with van der Waals surface area (Å²) in [6.45, 7) is 4.55. The highest BCUT2D eigenvalue weighted by Gasteiger charge is 2.25. The molecule has 1 aromatic rings. The average Bonchev–Trinajstić information content (AvgIpc) is 3.06. The van der Waals surface area contributed by atoms with E-state index in [0.29, 0.717) is 18.7 Å². The monoisotopic (exact) mass is 318 g/mol. The molecule has 0 aromatic heterocycles. The van der Waals surface area contributed by atoms with E-state index in [9.17, 15) is 14.4 Å². The molecule has 1 N–H and O–H groups in total. The summed E-state index contributed by atoms with van der Waals surface area (Å²) in [5.74, 6) is -1.13. The van der Waals surface area contributed by atoms with Crippen molar-refractivity contribution in [3.63, 3.8) is 0 Å². The zero-order valence-corrected chi connectivity index (χ0v) is 13.5. The summed E-state index contributed by atoms with van der Waals surface area (Å²) in [6, 6.07) is 7.11. The summed E-state index contributed by atoms with van der Waals surface area (Å²) >= 11 is 0. The topological polar surface area (TPSA) is 75.7 Å². The quantitative estimate of drug-likeness (QED) is 0.830. The highest BCUT2D eigenvalue weighted by molar-refractivity contribution is 5.97. The lowest BCUT2D eigenvalue weighted by Crippen LogP contribution is -2.40. The molecule has 6 nitrogen and oxygen atoms in total. The minimum absolute atomic E-state index is 0.180. The molecule has 0 radical (unpaired) electrons. The number of nitrogens with zero attached hydrogens (tertiary/aromatic N) is 1. The summed E-state index contributed by atoms with van der Waals surface area (Å²) in [5, 5.41) is 2.52. The van der Waals surface area contributed by atoms with Crippen molar-refractivity contribution in [3.05, 3.63) is 35.4 Å². The molecule has 1 aliphatic heterocycles. The molecule has 1 unspecified atom stereocenters. The van der Waals surface area contributed by atoms with Gasteiger partial charge in [0.1, 0.15) is 6.54 Å². The van der Waals surface area contributed by atoms with Gasteiger partial charge in [0.05, 0.1) is 0 Å². The highest BCUT2D eigenvalue weighted by atomic mass is 16.5. The number of nitrogens with one attached hydrogen (secondary N) is 1. The van der Waals surface area contributed by atoms with Crippen LogP contribution in [0.5, 0.6) is 0 Å². The third-order valence-corrected chi connectivity index (χ3v) is 3.86. The van der Waals surface area contributed by atoms with Crippen molar-refractivity contribution in [2.75, 3.05) is 19.6 Å². The van der Waals surface area contributed by atoms with E-state index < -0.39 is 12.1 Å². The third kappa shape index (κ3) is 4.55. The van der Waals surface area contributed by atoms with E-state index in [2.05, 4.69) is 5.32 Å². The lowest BCUT2D eigenvalue weighted by Gasteiger charge is -2.20. The Morgan fingerprint density at radius 2 is 1.87 bits per heavy atom. The molecule has 0 aliphatic carbocycles. The maximum absolute atomic E-state index is 12.0. The highest BCUT2D eigenvalue weighted by Crippen LogP contribution is 2.10.